The standard InChI is InChI=1S/C29H48O8/c1-2-3-4-5-6-7-8-9-10-14-19-34-29-27(33-21-18-31)26(32-20-17-30)25-24(36-29)22-35-28(37-25)23-15-12-11-13-16-23/h11-13,15-16,24-31H,2-10,14,17-22H2,1H3/t24-,25-,26+,27-,28?,29-/m1/s1. The number of ether oxygens (including phenoxy) is 6. The molecule has 2 saturated heterocycles. The van der Waals surface area contributed by atoms with E-state index in [1.165, 1.54) is 51.4 Å². The Labute approximate surface area is 222 Å². The van der Waals surface area contributed by atoms with Crippen molar-refractivity contribution in [2.75, 3.05) is 39.6 Å². The van der Waals surface area contributed by atoms with Crippen LogP contribution < -0.4 is 0 Å². The monoisotopic (exact) mass is 524 g/mol. The molecule has 1 aromatic rings. The molecule has 8 nitrogen and oxygen atoms in total. The number of aliphatic hydroxyl groups is 2. The van der Waals surface area contributed by atoms with Crippen LogP contribution >= 0.6 is 0 Å². The lowest BCUT2D eigenvalue weighted by molar-refractivity contribution is -0.370. The molecule has 2 heterocycles. The number of benzene rings is 1. The Balaban J connectivity index is 1.51. The van der Waals surface area contributed by atoms with Gasteiger partial charge in [-0.1, -0.05) is 95.0 Å². The second-order valence-electron chi connectivity index (χ2n) is 9.89. The topological polar surface area (TPSA) is 95.8 Å². The zero-order valence-electron chi connectivity index (χ0n) is 22.5. The number of hydrogen-bond acceptors (Lipinski definition) is 8. The summed E-state index contributed by atoms with van der Waals surface area (Å²) < 4.78 is 36.7. The maximum absolute atomic E-state index is 9.43. The molecule has 2 N–H and O–H groups in total. The highest BCUT2D eigenvalue weighted by molar-refractivity contribution is 5.16. The van der Waals surface area contributed by atoms with Crippen LogP contribution in [0.5, 0.6) is 0 Å². The van der Waals surface area contributed by atoms with Gasteiger partial charge in [-0.2, -0.15) is 0 Å². The summed E-state index contributed by atoms with van der Waals surface area (Å²) in [4.78, 5) is 0. The van der Waals surface area contributed by atoms with Gasteiger partial charge < -0.3 is 38.6 Å². The molecular weight excluding hydrogens is 476 g/mol. The van der Waals surface area contributed by atoms with Crippen molar-refractivity contribution in [2.45, 2.75) is 108 Å². The molecule has 2 aliphatic heterocycles. The lowest BCUT2D eigenvalue weighted by atomic mass is 9.97. The molecule has 37 heavy (non-hydrogen) atoms. The van der Waals surface area contributed by atoms with E-state index in [2.05, 4.69) is 6.92 Å². The Bertz CT molecular complexity index is 690. The van der Waals surface area contributed by atoms with Gasteiger partial charge in [0.25, 0.3) is 0 Å². The molecule has 2 fully saturated rings. The van der Waals surface area contributed by atoms with Crippen LogP contribution in [0.4, 0.5) is 0 Å². The van der Waals surface area contributed by atoms with Gasteiger partial charge in [-0.15, -0.1) is 0 Å². The van der Waals surface area contributed by atoms with Gasteiger partial charge >= 0.3 is 0 Å². The van der Waals surface area contributed by atoms with Crippen LogP contribution in [0.3, 0.4) is 0 Å². The molecule has 0 aromatic heterocycles. The van der Waals surface area contributed by atoms with Crippen LogP contribution in [-0.2, 0) is 28.4 Å². The molecule has 0 amide bonds. The summed E-state index contributed by atoms with van der Waals surface area (Å²) in [7, 11) is 0. The third-order valence-electron chi connectivity index (χ3n) is 6.94. The summed E-state index contributed by atoms with van der Waals surface area (Å²) in [6, 6.07) is 9.74. The summed E-state index contributed by atoms with van der Waals surface area (Å²) in [5.74, 6) is 0. The van der Waals surface area contributed by atoms with E-state index in [0.29, 0.717) is 13.2 Å². The third-order valence-corrected chi connectivity index (χ3v) is 6.94. The van der Waals surface area contributed by atoms with Crippen LogP contribution in [0.2, 0.25) is 0 Å². The van der Waals surface area contributed by atoms with E-state index in [1.807, 2.05) is 30.3 Å². The number of hydrogen-bond donors (Lipinski definition) is 2. The Morgan fingerprint density at radius 3 is 2.00 bits per heavy atom. The molecule has 0 spiro atoms. The minimum absolute atomic E-state index is 0.121. The van der Waals surface area contributed by atoms with Crippen molar-refractivity contribution in [3.63, 3.8) is 0 Å². The average molecular weight is 525 g/mol. The van der Waals surface area contributed by atoms with Crippen molar-refractivity contribution in [1.29, 1.82) is 0 Å². The van der Waals surface area contributed by atoms with Gasteiger partial charge in [-0.25, -0.2) is 0 Å². The van der Waals surface area contributed by atoms with E-state index in [0.717, 1.165) is 18.4 Å². The van der Waals surface area contributed by atoms with Gasteiger partial charge in [0, 0.05) is 12.2 Å². The number of fused-ring (bicyclic) bond motifs is 1. The first-order chi connectivity index (χ1) is 18.3. The fourth-order valence-corrected chi connectivity index (χ4v) is 4.99. The maximum Gasteiger partial charge on any atom is 0.186 e. The van der Waals surface area contributed by atoms with Crippen LogP contribution in [0.1, 0.15) is 83.0 Å². The van der Waals surface area contributed by atoms with Crippen molar-refractivity contribution in [3.8, 4) is 0 Å². The quantitative estimate of drug-likeness (QED) is 0.255. The number of unbranched alkanes of at least 4 members (excludes halogenated alkanes) is 9. The van der Waals surface area contributed by atoms with E-state index in [9.17, 15) is 10.2 Å². The molecule has 2 aliphatic rings. The Morgan fingerprint density at radius 1 is 0.730 bits per heavy atom. The number of rotatable bonds is 19. The molecule has 212 valence electrons. The maximum atomic E-state index is 9.43. The zero-order valence-corrected chi connectivity index (χ0v) is 22.5. The van der Waals surface area contributed by atoms with Gasteiger partial charge in [0.2, 0.25) is 0 Å². The smallest absolute Gasteiger partial charge is 0.186 e. The Kier molecular flexibility index (Phi) is 15.0. The second-order valence-corrected chi connectivity index (χ2v) is 9.89. The molecule has 0 radical (unpaired) electrons. The SMILES string of the molecule is CCCCCCCCCCCCO[C@@H]1O[C@@H]2COC(c3ccccc3)O[C@H]2[C@H](OCCO)[C@H]1OCCO. The average Bonchev–Trinajstić information content (AvgIpc) is 2.94. The Hall–Kier alpha value is -1.10. The van der Waals surface area contributed by atoms with E-state index >= 15 is 0 Å². The fourth-order valence-electron chi connectivity index (χ4n) is 4.99. The van der Waals surface area contributed by atoms with Gasteiger partial charge in [0.1, 0.15) is 24.4 Å². The van der Waals surface area contributed by atoms with Gasteiger partial charge in [0.15, 0.2) is 12.6 Å². The molecule has 1 unspecified atom stereocenters. The van der Waals surface area contributed by atoms with Crippen LogP contribution in [0, 0.1) is 0 Å². The van der Waals surface area contributed by atoms with E-state index in [1.54, 1.807) is 0 Å². The molecule has 0 bridgehead atoms. The number of aliphatic hydroxyl groups excluding tert-OH is 2. The summed E-state index contributed by atoms with van der Waals surface area (Å²) in [5.41, 5.74) is 0.911. The molecule has 0 saturated carbocycles. The van der Waals surface area contributed by atoms with Crippen LogP contribution in [-0.4, -0.2) is 80.6 Å². The van der Waals surface area contributed by atoms with Crippen molar-refractivity contribution in [1.82, 2.24) is 0 Å². The predicted molar refractivity (Wildman–Crippen MR) is 140 cm³/mol. The van der Waals surface area contributed by atoms with Crippen LogP contribution in [0.15, 0.2) is 30.3 Å². The Morgan fingerprint density at radius 2 is 1.35 bits per heavy atom. The highest BCUT2D eigenvalue weighted by atomic mass is 16.8. The second kappa shape index (κ2) is 18.2. The minimum atomic E-state index is -0.671. The lowest BCUT2D eigenvalue weighted by Crippen LogP contribution is -2.64. The summed E-state index contributed by atoms with van der Waals surface area (Å²) in [6.45, 7) is 3.15. The molecule has 0 aliphatic carbocycles. The van der Waals surface area contributed by atoms with E-state index in [-0.39, 0.29) is 26.4 Å². The summed E-state index contributed by atoms with van der Waals surface area (Å²) >= 11 is 0. The highest BCUT2D eigenvalue weighted by Gasteiger charge is 2.51. The molecule has 1 aromatic carbocycles. The summed E-state index contributed by atoms with van der Waals surface area (Å²) in [6.07, 6.45) is 9.33. The summed E-state index contributed by atoms with van der Waals surface area (Å²) in [5, 5.41) is 18.8. The largest absolute Gasteiger partial charge is 0.394 e. The van der Waals surface area contributed by atoms with E-state index < -0.39 is 37.0 Å². The van der Waals surface area contributed by atoms with Crippen molar-refractivity contribution >= 4 is 0 Å². The van der Waals surface area contributed by atoms with Crippen molar-refractivity contribution in [3.05, 3.63) is 35.9 Å². The minimum Gasteiger partial charge on any atom is -0.394 e. The van der Waals surface area contributed by atoms with E-state index in [4.69, 9.17) is 28.4 Å². The molecule has 3 rings (SSSR count). The highest BCUT2D eigenvalue weighted by Crippen LogP contribution is 2.36. The first-order valence-electron chi connectivity index (χ1n) is 14.3. The van der Waals surface area contributed by atoms with Crippen molar-refractivity contribution < 1.29 is 38.6 Å². The van der Waals surface area contributed by atoms with Crippen molar-refractivity contribution in [2.24, 2.45) is 0 Å². The van der Waals surface area contributed by atoms with Gasteiger partial charge in [-0.05, 0) is 6.42 Å². The molecule has 6 atom stereocenters. The molecule has 8 heteroatoms. The van der Waals surface area contributed by atoms with Crippen LogP contribution in [0.25, 0.3) is 0 Å². The first-order valence-corrected chi connectivity index (χ1v) is 14.3. The lowest BCUT2D eigenvalue weighted by Gasteiger charge is -2.48. The molecular formula is C29H48O8. The third kappa shape index (κ3) is 10.2. The van der Waals surface area contributed by atoms with Gasteiger partial charge in [-0.3, -0.25) is 0 Å². The first kappa shape index (κ1) is 30.4. The zero-order chi connectivity index (χ0) is 26.1. The fraction of sp³-hybridized carbons (Fsp3) is 0.793. The predicted octanol–water partition coefficient (Wildman–Crippen LogP) is 4.52. The van der Waals surface area contributed by atoms with Gasteiger partial charge in [0.05, 0.1) is 33.0 Å². The normalized spacial score (nSPS) is 27.8.